The van der Waals surface area contributed by atoms with Crippen LogP contribution in [0.3, 0.4) is 0 Å². The number of aryl methyl sites for hydroxylation is 1. The van der Waals surface area contributed by atoms with Crippen molar-refractivity contribution in [2.45, 2.75) is 6.42 Å². The maximum Gasteiger partial charge on any atom is 0.188 e. The third kappa shape index (κ3) is 4.43. The maximum atomic E-state index is 5.88. The van der Waals surface area contributed by atoms with Crippen LogP contribution in [0, 0.1) is 0 Å². The second kappa shape index (κ2) is 8.09. The lowest BCUT2D eigenvalue weighted by molar-refractivity contribution is 0.785. The summed E-state index contributed by atoms with van der Waals surface area (Å²) in [5.41, 5.74) is 7.94. The smallest absolute Gasteiger partial charge is 0.188 e. The number of anilines is 1. The van der Waals surface area contributed by atoms with Gasteiger partial charge < -0.3 is 16.4 Å². The fourth-order valence-electron chi connectivity index (χ4n) is 2.48. The number of nitrogens with one attached hydrogen (secondary N) is 2. The highest BCUT2D eigenvalue weighted by molar-refractivity contribution is 5.86. The van der Waals surface area contributed by atoms with E-state index in [4.69, 9.17) is 5.73 Å². The van der Waals surface area contributed by atoms with Gasteiger partial charge in [0.15, 0.2) is 11.6 Å². The van der Waals surface area contributed by atoms with Crippen molar-refractivity contribution in [1.29, 1.82) is 0 Å². The van der Waals surface area contributed by atoms with Crippen molar-refractivity contribution < 1.29 is 0 Å². The van der Waals surface area contributed by atoms with Crippen LogP contribution >= 0.6 is 0 Å². The number of hydrogen-bond acceptors (Lipinski definition) is 5. The van der Waals surface area contributed by atoms with Crippen LogP contribution < -0.4 is 16.4 Å². The third-order valence-electron chi connectivity index (χ3n) is 3.78. The predicted molar refractivity (Wildman–Crippen MR) is 99.4 cm³/mol. The Bertz CT molecular complexity index is 840. The first-order chi connectivity index (χ1) is 12.2. The number of aromatic nitrogens is 4. The molecule has 0 aliphatic heterocycles. The Hall–Kier alpha value is -3.16. The van der Waals surface area contributed by atoms with Gasteiger partial charge in [0, 0.05) is 26.7 Å². The van der Waals surface area contributed by atoms with Gasteiger partial charge in [-0.25, -0.2) is 9.97 Å². The van der Waals surface area contributed by atoms with Crippen molar-refractivity contribution in [2.75, 3.05) is 25.0 Å². The Morgan fingerprint density at radius 2 is 2.04 bits per heavy atom. The summed E-state index contributed by atoms with van der Waals surface area (Å²) in [7, 11) is 1.85. The molecule has 0 saturated heterocycles. The van der Waals surface area contributed by atoms with E-state index in [1.165, 1.54) is 11.9 Å². The molecule has 4 N–H and O–H groups in total. The lowest BCUT2D eigenvalue weighted by atomic mass is 10.2. The SMILES string of the molecule is Cn1ncc2c(NCCNC(N)=NCCc3ccccc3)ncnc21. The van der Waals surface area contributed by atoms with Gasteiger partial charge >= 0.3 is 0 Å². The number of fused-ring (bicyclic) bond motifs is 1. The normalized spacial score (nSPS) is 11.6. The zero-order chi connectivity index (χ0) is 17.5. The molecule has 25 heavy (non-hydrogen) atoms. The van der Waals surface area contributed by atoms with Crippen LogP contribution in [0.4, 0.5) is 5.82 Å². The second-order valence-electron chi connectivity index (χ2n) is 5.58. The molecule has 8 nitrogen and oxygen atoms in total. The van der Waals surface area contributed by atoms with E-state index in [9.17, 15) is 0 Å². The van der Waals surface area contributed by atoms with Gasteiger partial charge in [-0.15, -0.1) is 0 Å². The molecule has 2 heterocycles. The largest absolute Gasteiger partial charge is 0.370 e. The van der Waals surface area contributed by atoms with Crippen molar-refractivity contribution >= 4 is 22.8 Å². The minimum atomic E-state index is 0.451. The Labute approximate surface area is 146 Å². The fourth-order valence-corrected chi connectivity index (χ4v) is 2.48. The van der Waals surface area contributed by atoms with Gasteiger partial charge in [-0.3, -0.25) is 9.67 Å². The monoisotopic (exact) mass is 338 g/mol. The lowest BCUT2D eigenvalue weighted by Gasteiger charge is -2.08. The molecule has 8 heteroatoms. The van der Waals surface area contributed by atoms with Crippen molar-refractivity contribution in [3.05, 3.63) is 48.4 Å². The van der Waals surface area contributed by atoms with Gasteiger partial charge in [0.1, 0.15) is 12.1 Å². The van der Waals surface area contributed by atoms with Gasteiger partial charge in [0.05, 0.1) is 11.6 Å². The van der Waals surface area contributed by atoms with E-state index < -0.39 is 0 Å². The van der Waals surface area contributed by atoms with E-state index >= 15 is 0 Å². The molecular weight excluding hydrogens is 316 g/mol. The van der Waals surface area contributed by atoms with Gasteiger partial charge in [-0.2, -0.15) is 5.10 Å². The molecule has 0 saturated carbocycles. The van der Waals surface area contributed by atoms with E-state index in [0.29, 0.717) is 25.6 Å². The van der Waals surface area contributed by atoms with Gasteiger partial charge in [-0.05, 0) is 12.0 Å². The van der Waals surface area contributed by atoms with Crippen LogP contribution in [0.2, 0.25) is 0 Å². The second-order valence-corrected chi connectivity index (χ2v) is 5.58. The van der Waals surface area contributed by atoms with Crippen LogP contribution in [0.5, 0.6) is 0 Å². The molecular formula is C17H22N8. The summed E-state index contributed by atoms with van der Waals surface area (Å²) in [6.45, 7) is 1.97. The molecule has 0 bridgehead atoms. The van der Waals surface area contributed by atoms with Crippen LogP contribution in [0.25, 0.3) is 11.0 Å². The highest BCUT2D eigenvalue weighted by atomic mass is 15.3. The van der Waals surface area contributed by atoms with E-state index in [1.54, 1.807) is 10.9 Å². The van der Waals surface area contributed by atoms with Crippen LogP contribution in [-0.4, -0.2) is 45.3 Å². The standard InChI is InChI=1S/C17H22N8/c1-25-16-14(11-24-25)15(22-12-23-16)19-9-10-21-17(18)20-8-7-13-5-3-2-4-6-13/h2-6,11-12H,7-10H2,1H3,(H3,18,20,21)(H,19,22,23). The van der Waals surface area contributed by atoms with E-state index in [-0.39, 0.29) is 0 Å². The average molecular weight is 338 g/mol. The summed E-state index contributed by atoms with van der Waals surface area (Å²) < 4.78 is 1.72. The van der Waals surface area contributed by atoms with E-state index in [0.717, 1.165) is 23.3 Å². The number of hydrogen-bond donors (Lipinski definition) is 3. The van der Waals surface area contributed by atoms with Crippen molar-refractivity contribution in [2.24, 2.45) is 17.8 Å². The third-order valence-corrected chi connectivity index (χ3v) is 3.78. The number of aliphatic imine (C=N–C) groups is 1. The molecule has 0 aliphatic carbocycles. The lowest BCUT2D eigenvalue weighted by Crippen LogP contribution is -2.35. The molecule has 0 amide bonds. The number of benzene rings is 1. The first kappa shape index (κ1) is 16.7. The number of nitrogens with two attached hydrogens (primary N) is 1. The number of rotatable bonds is 7. The molecule has 0 atom stereocenters. The minimum absolute atomic E-state index is 0.451. The van der Waals surface area contributed by atoms with Crippen LogP contribution in [-0.2, 0) is 13.5 Å². The Kier molecular flexibility index (Phi) is 5.40. The molecule has 0 fully saturated rings. The van der Waals surface area contributed by atoms with E-state index in [2.05, 4.69) is 42.8 Å². The first-order valence-corrected chi connectivity index (χ1v) is 8.18. The molecule has 0 aliphatic rings. The summed E-state index contributed by atoms with van der Waals surface area (Å²) in [5, 5.41) is 11.4. The Morgan fingerprint density at radius 3 is 2.88 bits per heavy atom. The first-order valence-electron chi connectivity index (χ1n) is 8.18. The van der Waals surface area contributed by atoms with Gasteiger partial charge in [-0.1, -0.05) is 30.3 Å². The van der Waals surface area contributed by atoms with Gasteiger partial charge in [0.2, 0.25) is 0 Å². The van der Waals surface area contributed by atoms with Crippen molar-refractivity contribution in [1.82, 2.24) is 25.1 Å². The summed E-state index contributed by atoms with van der Waals surface area (Å²) >= 11 is 0. The molecule has 3 aromatic rings. The van der Waals surface area contributed by atoms with Crippen molar-refractivity contribution in [3.8, 4) is 0 Å². The summed E-state index contributed by atoms with van der Waals surface area (Å²) in [5.74, 6) is 1.21. The Balaban J connectivity index is 1.42. The number of guanidine groups is 1. The molecule has 130 valence electrons. The summed E-state index contributed by atoms with van der Waals surface area (Å²) in [4.78, 5) is 12.8. The molecule has 0 unspecified atom stereocenters. The quantitative estimate of drug-likeness (QED) is 0.336. The maximum absolute atomic E-state index is 5.88. The van der Waals surface area contributed by atoms with Crippen LogP contribution in [0.15, 0.2) is 47.8 Å². The average Bonchev–Trinajstić information content (AvgIpc) is 3.02. The molecule has 3 rings (SSSR count). The zero-order valence-electron chi connectivity index (χ0n) is 14.2. The predicted octanol–water partition coefficient (Wildman–Crippen LogP) is 0.922. The number of nitrogens with zero attached hydrogens (tertiary/aromatic N) is 5. The Morgan fingerprint density at radius 1 is 1.20 bits per heavy atom. The van der Waals surface area contributed by atoms with E-state index in [1.807, 2.05) is 25.2 Å². The zero-order valence-corrected chi connectivity index (χ0v) is 14.2. The minimum Gasteiger partial charge on any atom is -0.370 e. The highest BCUT2D eigenvalue weighted by Crippen LogP contribution is 2.16. The molecule has 0 spiro atoms. The van der Waals surface area contributed by atoms with Crippen LogP contribution in [0.1, 0.15) is 5.56 Å². The summed E-state index contributed by atoms with van der Waals surface area (Å²) in [6.07, 6.45) is 4.16. The van der Waals surface area contributed by atoms with Gasteiger partial charge in [0.25, 0.3) is 0 Å². The topological polar surface area (TPSA) is 106 Å². The fraction of sp³-hybridized carbons (Fsp3) is 0.294. The highest BCUT2D eigenvalue weighted by Gasteiger charge is 2.06. The van der Waals surface area contributed by atoms with Crippen molar-refractivity contribution in [3.63, 3.8) is 0 Å². The molecule has 2 aromatic heterocycles. The molecule has 0 radical (unpaired) electrons. The summed E-state index contributed by atoms with van der Waals surface area (Å²) in [6, 6.07) is 10.2. The molecule has 1 aromatic carbocycles.